The van der Waals surface area contributed by atoms with Crippen LogP contribution in [0, 0.1) is 34.0 Å². The molecule has 0 saturated carbocycles. The van der Waals surface area contributed by atoms with Crippen LogP contribution in [0.15, 0.2) is 53.7 Å². The number of ether oxygens (including phenoxy) is 3. The predicted molar refractivity (Wildman–Crippen MR) is 102 cm³/mol. The fourth-order valence-corrected chi connectivity index (χ4v) is 2.54. The van der Waals surface area contributed by atoms with Gasteiger partial charge in [-0.05, 0) is 36.4 Å². The standard InChI is InChI=1S/C21H15F3N4O3/c1-29-20(30-2)17-9-15(28-18(12-27)13(10-25)11-26)6-7-19(17)31-16-5-3-4-14(8-16)21(22,23)24/h3-9,20,28H,1-2H3. The summed E-state index contributed by atoms with van der Waals surface area (Å²) >= 11 is 0. The Labute approximate surface area is 176 Å². The summed E-state index contributed by atoms with van der Waals surface area (Å²) in [6, 6.07) is 13.7. The van der Waals surface area contributed by atoms with Crippen LogP contribution in [0.4, 0.5) is 18.9 Å². The van der Waals surface area contributed by atoms with E-state index in [-0.39, 0.29) is 17.2 Å². The van der Waals surface area contributed by atoms with Crippen LogP contribution in [-0.2, 0) is 15.7 Å². The second-order valence-electron chi connectivity index (χ2n) is 5.89. The lowest BCUT2D eigenvalue weighted by Crippen LogP contribution is -2.08. The average molecular weight is 428 g/mol. The quantitative estimate of drug-likeness (QED) is 0.486. The van der Waals surface area contributed by atoms with Crippen molar-refractivity contribution in [3.05, 3.63) is 64.9 Å². The monoisotopic (exact) mass is 428 g/mol. The van der Waals surface area contributed by atoms with Gasteiger partial charge in [-0.15, -0.1) is 0 Å². The molecule has 2 aromatic carbocycles. The Morgan fingerprint density at radius 1 is 0.968 bits per heavy atom. The Bertz CT molecular complexity index is 1090. The number of allylic oxidation sites excluding steroid dienone is 2. The minimum atomic E-state index is -4.53. The molecule has 0 bridgehead atoms. The van der Waals surface area contributed by atoms with Gasteiger partial charge < -0.3 is 19.5 Å². The van der Waals surface area contributed by atoms with E-state index in [2.05, 4.69) is 5.32 Å². The molecule has 0 atom stereocenters. The van der Waals surface area contributed by atoms with Gasteiger partial charge >= 0.3 is 6.18 Å². The summed E-state index contributed by atoms with van der Waals surface area (Å²) in [5.41, 5.74) is -0.966. The zero-order chi connectivity index (χ0) is 23.0. The van der Waals surface area contributed by atoms with Crippen LogP contribution in [0.25, 0.3) is 0 Å². The first kappa shape index (κ1) is 23.2. The number of rotatable bonds is 7. The van der Waals surface area contributed by atoms with Gasteiger partial charge in [-0.1, -0.05) is 6.07 Å². The zero-order valence-corrected chi connectivity index (χ0v) is 16.3. The maximum Gasteiger partial charge on any atom is 0.416 e. The second-order valence-corrected chi connectivity index (χ2v) is 5.89. The first-order valence-corrected chi connectivity index (χ1v) is 8.53. The number of nitrogens with one attached hydrogen (secondary N) is 1. The number of methoxy groups -OCH3 is 2. The number of hydrogen-bond acceptors (Lipinski definition) is 7. The molecule has 0 amide bonds. The van der Waals surface area contributed by atoms with Crippen LogP contribution < -0.4 is 10.1 Å². The second kappa shape index (κ2) is 10.1. The number of hydrogen-bond donors (Lipinski definition) is 1. The summed E-state index contributed by atoms with van der Waals surface area (Å²) in [5, 5.41) is 29.7. The van der Waals surface area contributed by atoms with Crippen molar-refractivity contribution < 1.29 is 27.4 Å². The van der Waals surface area contributed by atoms with Crippen molar-refractivity contribution >= 4 is 5.69 Å². The van der Waals surface area contributed by atoms with Crippen LogP contribution in [0.5, 0.6) is 11.5 Å². The maximum atomic E-state index is 13.0. The van der Waals surface area contributed by atoms with Gasteiger partial charge in [-0.25, -0.2) is 0 Å². The van der Waals surface area contributed by atoms with E-state index in [0.29, 0.717) is 11.3 Å². The largest absolute Gasteiger partial charge is 0.457 e. The Kier molecular flexibility index (Phi) is 7.59. The van der Waals surface area contributed by atoms with E-state index >= 15 is 0 Å². The number of nitriles is 3. The van der Waals surface area contributed by atoms with Crippen molar-refractivity contribution in [1.82, 2.24) is 0 Å². The van der Waals surface area contributed by atoms with E-state index in [9.17, 15) is 18.4 Å². The van der Waals surface area contributed by atoms with Crippen molar-refractivity contribution in [3.63, 3.8) is 0 Å². The van der Waals surface area contributed by atoms with E-state index in [0.717, 1.165) is 12.1 Å². The van der Waals surface area contributed by atoms with Crippen molar-refractivity contribution in [2.45, 2.75) is 12.5 Å². The summed E-state index contributed by atoms with van der Waals surface area (Å²) in [7, 11) is 2.71. The summed E-state index contributed by atoms with van der Waals surface area (Å²) in [6.07, 6.45) is -5.49. The SMILES string of the molecule is COC(OC)c1cc(NC(C#N)=C(C#N)C#N)ccc1Oc1cccc(C(F)(F)F)c1. The fraction of sp³-hybridized carbons (Fsp3) is 0.190. The average Bonchev–Trinajstić information content (AvgIpc) is 2.75. The van der Waals surface area contributed by atoms with Crippen LogP contribution in [0.3, 0.4) is 0 Å². The molecule has 7 nitrogen and oxygen atoms in total. The van der Waals surface area contributed by atoms with E-state index in [1.807, 2.05) is 0 Å². The van der Waals surface area contributed by atoms with Crippen LogP contribution in [0.2, 0.25) is 0 Å². The van der Waals surface area contributed by atoms with Gasteiger partial charge in [0.05, 0.1) is 11.1 Å². The highest BCUT2D eigenvalue weighted by Crippen LogP contribution is 2.36. The molecule has 0 aliphatic rings. The van der Waals surface area contributed by atoms with Crippen LogP contribution in [-0.4, -0.2) is 14.2 Å². The van der Waals surface area contributed by atoms with Gasteiger partial charge in [0.2, 0.25) is 0 Å². The fourth-order valence-electron chi connectivity index (χ4n) is 2.54. The highest BCUT2D eigenvalue weighted by atomic mass is 19.4. The molecule has 2 aromatic rings. The van der Waals surface area contributed by atoms with E-state index < -0.39 is 23.6 Å². The molecule has 0 unspecified atom stereocenters. The molecule has 1 N–H and O–H groups in total. The molecule has 0 radical (unpaired) electrons. The lowest BCUT2D eigenvalue weighted by molar-refractivity contribution is -0.137. The Morgan fingerprint density at radius 2 is 1.65 bits per heavy atom. The molecular weight excluding hydrogens is 413 g/mol. The van der Waals surface area contributed by atoms with Crippen LogP contribution in [0.1, 0.15) is 17.4 Å². The summed E-state index contributed by atoms with van der Waals surface area (Å²) in [6.45, 7) is 0. The molecule has 0 saturated heterocycles. The number of anilines is 1. The van der Waals surface area contributed by atoms with Crippen molar-refractivity contribution in [1.29, 1.82) is 15.8 Å². The molecule has 0 aromatic heterocycles. The molecule has 10 heteroatoms. The van der Waals surface area contributed by atoms with Gasteiger partial charge in [0.25, 0.3) is 0 Å². The molecule has 2 rings (SSSR count). The first-order valence-electron chi connectivity index (χ1n) is 8.53. The third-order valence-corrected chi connectivity index (χ3v) is 3.94. The minimum absolute atomic E-state index is 0.0587. The molecule has 31 heavy (non-hydrogen) atoms. The van der Waals surface area contributed by atoms with Crippen LogP contribution >= 0.6 is 0 Å². The van der Waals surface area contributed by atoms with Crippen molar-refractivity contribution in [2.75, 3.05) is 19.5 Å². The highest BCUT2D eigenvalue weighted by molar-refractivity contribution is 5.61. The Balaban J connectivity index is 2.48. The van der Waals surface area contributed by atoms with Gasteiger partial charge in [0.1, 0.15) is 35.4 Å². The smallest absolute Gasteiger partial charge is 0.416 e. The normalized spacial score (nSPS) is 10.5. The third-order valence-electron chi connectivity index (χ3n) is 3.94. The molecular formula is C21H15F3N4O3. The third kappa shape index (κ3) is 5.74. The molecule has 0 aliphatic heterocycles. The van der Waals surface area contributed by atoms with Gasteiger partial charge in [-0.2, -0.15) is 29.0 Å². The summed E-state index contributed by atoms with van der Waals surface area (Å²) in [5.74, 6) is 0.0819. The lowest BCUT2D eigenvalue weighted by atomic mass is 10.1. The van der Waals surface area contributed by atoms with Crippen molar-refractivity contribution in [2.24, 2.45) is 0 Å². The highest BCUT2D eigenvalue weighted by Gasteiger charge is 2.30. The Morgan fingerprint density at radius 3 is 2.19 bits per heavy atom. The molecule has 0 fully saturated rings. The lowest BCUT2D eigenvalue weighted by Gasteiger charge is -2.19. The van der Waals surface area contributed by atoms with Gasteiger partial charge in [0, 0.05) is 19.9 Å². The number of benzene rings is 2. The molecule has 0 aliphatic carbocycles. The predicted octanol–water partition coefficient (Wildman–Crippen LogP) is 5.03. The van der Waals surface area contributed by atoms with Crippen molar-refractivity contribution in [3.8, 4) is 29.7 Å². The van der Waals surface area contributed by atoms with E-state index in [4.69, 9.17) is 24.7 Å². The minimum Gasteiger partial charge on any atom is -0.457 e. The topological polar surface area (TPSA) is 111 Å². The number of nitrogens with zero attached hydrogens (tertiary/aromatic N) is 3. The first-order chi connectivity index (χ1) is 14.8. The van der Waals surface area contributed by atoms with Gasteiger partial charge in [-0.3, -0.25) is 0 Å². The van der Waals surface area contributed by atoms with E-state index in [1.165, 1.54) is 44.6 Å². The van der Waals surface area contributed by atoms with Gasteiger partial charge in [0.15, 0.2) is 11.9 Å². The van der Waals surface area contributed by atoms with E-state index in [1.54, 1.807) is 18.2 Å². The number of alkyl halides is 3. The molecule has 0 spiro atoms. The summed E-state index contributed by atoms with van der Waals surface area (Å²) < 4.78 is 55.0. The zero-order valence-electron chi connectivity index (χ0n) is 16.3. The molecule has 0 heterocycles. The Hall–Kier alpha value is -4.04. The maximum absolute atomic E-state index is 13.0. The molecule has 158 valence electrons. The number of halogens is 3. The summed E-state index contributed by atoms with van der Waals surface area (Å²) in [4.78, 5) is 0.